The van der Waals surface area contributed by atoms with Gasteiger partial charge in [-0.15, -0.1) is 5.10 Å². The van der Waals surface area contributed by atoms with Crippen LogP contribution in [0.4, 0.5) is 11.9 Å². The number of anilines is 2. The molecule has 0 bridgehead atoms. The van der Waals surface area contributed by atoms with Gasteiger partial charge in [-0.05, 0) is 32.5 Å². The van der Waals surface area contributed by atoms with Gasteiger partial charge >= 0.3 is 0 Å². The highest BCUT2D eigenvalue weighted by molar-refractivity contribution is 7.99. The Hall–Kier alpha value is -1.94. The van der Waals surface area contributed by atoms with Crippen molar-refractivity contribution in [1.82, 2.24) is 30.1 Å². The molecular weight excluding hydrogens is 278 g/mol. The Morgan fingerprint density at radius 2 is 1.90 bits per heavy atom. The molecule has 9 nitrogen and oxygen atoms in total. The molecule has 2 rings (SSSR count). The summed E-state index contributed by atoms with van der Waals surface area (Å²) in [6.45, 7) is 7.50. The van der Waals surface area contributed by atoms with Crippen molar-refractivity contribution in [2.75, 3.05) is 23.4 Å². The van der Waals surface area contributed by atoms with E-state index < -0.39 is 0 Å². The van der Waals surface area contributed by atoms with Gasteiger partial charge in [0.2, 0.25) is 22.2 Å². The first kappa shape index (κ1) is 14.5. The van der Waals surface area contributed by atoms with Crippen LogP contribution in [0.1, 0.15) is 19.7 Å². The largest absolute Gasteiger partial charge is 0.341 e. The summed E-state index contributed by atoms with van der Waals surface area (Å²) in [5.74, 6) is 7.03. The van der Waals surface area contributed by atoms with Crippen molar-refractivity contribution in [2.45, 2.75) is 31.1 Å². The Bertz CT molecular complexity index is 566. The van der Waals surface area contributed by atoms with Crippen molar-refractivity contribution in [3.05, 3.63) is 5.82 Å². The fraction of sp³-hybridized carbons (Fsp3) is 0.500. The minimum Gasteiger partial charge on any atom is -0.341 e. The number of H-pyrrole nitrogens is 1. The van der Waals surface area contributed by atoms with E-state index in [1.165, 1.54) is 11.8 Å². The Kier molecular flexibility index (Phi) is 4.69. The van der Waals surface area contributed by atoms with Gasteiger partial charge in [-0.3, -0.25) is 10.5 Å². The van der Waals surface area contributed by atoms with Crippen LogP contribution in [0.3, 0.4) is 0 Å². The molecule has 0 atom stereocenters. The number of aryl methyl sites for hydroxylation is 1. The predicted octanol–water partition coefficient (Wildman–Crippen LogP) is 0.581. The van der Waals surface area contributed by atoms with Gasteiger partial charge in [0.1, 0.15) is 5.82 Å². The maximum absolute atomic E-state index is 5.40. The first-order chi connectivity index (χ1) is 9.66. The first-order valence-corrected chi connectivity index (χ1v) is 7.02. The fourth-order valence-corrected chi connectivity index (χ4v) is 2.25. The number of nitrogens with one attached hydrogen (secondary N) is 2. The zero-order valence-electron chi connectivity index (χ0n) is 11.6. The summed E-state index contributed by atoms with van der Waals surface area (Å²) in [5.41, 5.74) is 2.45. The van der Waals surface area contributed by atoms with Crippen LogP contribution < -0.4 is 16.2 Å². The second-order valence-electron chi connectivity index (χ2n) is 3.86. The van der Waals surface area contributed by atoms with Crippen LogP contribution in [0.5, 0.6) is 0 Å². The highest BCUT2D eigenvalue weighted by Crippen LogP contribution is 2.23. The number of nitrogens with two attached hydrogens (primary N) is 1. The van der Waals surface area contributed by atoms with Crippen molar-refractivity contribution < 1.29 is 0 Å². The van der Waals surface area contributed by atoms with Crippen LogP contribution in [0.15, 0.2) is 10.3 Å². The number of hydrazine groups is 1. The Balaban J connectivity index is 2.29. The van der Waals surface area contributed by atoms with Crippen LogP contribution in [-0.4, -0.2) is 43.2 Å². The van der Waals surface area contributed by atoms with E-state index in [9.17, 15) is 0 Å². The molecule has 4 N–H and O–H groups in total. The van der Waals surface area contributed by atoms with Crippen LogP contribution in [-0.2, 0) is 0 Å². The van der Waals surface area contributed by atoms with Crippen molar-refractivity contribution in [2.24, 2.45) is 5.84 Å². The van der Waals surface area contributed by atoms with Gasteiger partial charge in [0, 0.05) is 13.1 Å². The molecule has 0 aromatic carbocycles. The lowest BCUT2D eigenvalue weighted by Gasteiger charge is -2.18. The zero-order valence-corrected chi connectivity index (χ0v) is 12.4. The van der Waals surface area contributed by atoms with E-state index in [4.69, 9.17) is 5.84 Å². The molecule has 0 aliphatic rings. The molecule has 0 saturated carbocycles. The molecule has 0 aliphatic heterocycles. The lowest BCUT2D eigenvalue weighted by atomic mass is 10.5. The van der Waals surface area contributed by atoms with Gasteiger partial charge in [-0.25, -0.2) is 10.8 Å². The number of aromatic amines is 1. The predicted molar refractivity (Wildman–Crippen MR) is 76.4 cm³/mol. The normalized spacial score (nSPS) is 10.6. The van der Waals surface area contributed by atoms with Gasteiger partial charge in [-0.1, -0.05) is 0 Å². The van der Waals surface area contributed by atoms with Gasteiger partial charge in [0.15, 0.2) is 0 Å². The monoisotopic (exact) mass is 295 g/mol. The zero-order chi connectivity index (χ0) is 14.5. The Labute approximate surface area is 120 Å². The maximum Gasteiger partial charge on any atom is 0.242 e. The van der Waals surface area contributed by atoms with Crippen molar-refractivity contribution in [3.63, 3.8) is 0 Å². The fourth-order valence-electron chi connectivity index (χ4n) is 1.55. The molecule has 2 aromatic rings. The number of hydrogen-bond donors (Lipinski definition) is 3. The van der Waals surface area contributed by atoms with Gasteiger partial charge in [0.25, 0.3) is 0 Å². The van der Waals surface area contributed by atoms with Crippen molar-refractivity contribution >= 4 is 23.7 Å². The molecule has 0 saturated heterocycles. The molecule has 0 fully saturated rings. The van der Waals surface area contributed by atoms with E-state index in [0.717, 1.165) is 18.9 Å². The number of nitrogens with zero attached hydrogens (tertiary/aromatic N) is 6. The van der Waals surface area contributed by atoms with Crippen LogP contribution >= 0.6 is 11.8 Å². The summed E-state index contributed by atoms with van der Waals surface area (Å²) in [7, 11) is 0. The molecule has 10 heteroatoms. The number of hydrogen-bond acceptors (Lipinski definition) is 9. The summed E-state index contributed by atoms with van der Waals surface area (Å²) >= 11 is 1.25. The average molecular weight is 295 g/mol. The third-order valence-electron chi connectivity index (χ3n) is 2.54. The summed E-state index contributed by atoms with van der Waals surface area (Å²) < 4.78 is 0. The van der Waals surface area contributed by atoms with Gasteiger partial charge in [-0.2, -0.15) is 15.0 Å². The van der Waals surface area contributed by atoms with Crippen molar-refractivity contribution in [3.8, 4) is 0 Å². The van der Waals surface area contributed by atoms with E-state index in [0.29, 0.717) is 22.2 Å². The summed E-state index contributed by atoms with van der Waals surface area (Å²) in [4.78, 5) is 19.1. The van der Waals surface area contributed by atoms with E-state index in [1.807, 2.05) is 25.7 Å². The summed E-state index contributed by atoms with van der Waals surface area (Å²) in [6, 6.07) is 0. The number of rotatable bonds is 6. The quantitative estimate of drug-likeness (QED) is 0.519. The lowest BCUT2D eigenvalue weighted by molar-refractivity contribution is 0.782. The lowest BCUT2D eigenvalue weighted by Crippen LogP contribution is -2.25. The molecule has 0 spiro atoms. The molecule has 0 aliphatic carbocycles. The topological polar surface area (TPSA) is 122 Å². The molecule has 20 heavy (non-hydrogen) atoms. The maximum atomic E-state index is 5.40. The number of aromatic nitrogens is 6. The second-order valence-corrected chi connectivity index (χ2v) is 4.80. The smallest absolute Gasteiger partial charge is 0.242 e. The van der Waals surface area contributed by atoms with Gasteiger partial charge in [0.05, 0.1) is 0 Å². The Morgan fingerprint density at radius 3 is 2.45 bits per heavy atom. The first-order valence-electron chi connectivity index (χ1n) is 6.20. The molecule has 2 heterocycles. The standard InChI is InChI=1S/C10H17N9S/c1-4-19(5-2)8-13-7(16-11)14-9(15-8)20-10-12-6(3)17-18-10/h4-5,11H2,1-3H3,(H,12,17,18)(H,13,14,15,16). The van der Waals surface area contributed by atoms with Crippen LogP contribution in [0.2, 0.25) is 0 Å². The average Bonchev–Trinajstić information content (AvgIpc) is 2.85. The summed E-state index contributed by atoms with van der Waals surface area (Å²) in [6.07, 6.45) is 0. The highest BCUT2D eigenvalue weighted by Gasteiger charge is 2.13. The minimum absolute atomic E-state index is 0.316. The van der Waals surface area contributed by atoms with E-state index in [-0.39, 0.29) is 0 Å². The van der Waals surface area contributed by atoms with E-state index in [2.05, 4.69) is 35.6 Å². The summed E-state index contributed by atoms with van der Waals surface area (Å²) in [5, 5.41) is 7.87. The minimum atomic E-state index is 0.316. The van der Waals surface area contributed by atoms with E-state index >= 15 is 0 Å². The third-order valence-corrected chi connectivity index (χ3v) is 3.27. The van der Waals surface area contributed by atoms with E-state index in [1.54, 1.807) is 0 Å². The van der Waals surface area contributed by atoms with Crippen LogP contribution in [0.25, 0.3) is 0 Å². The molecule has 0 radical (unpaired) electrons. The third kappa shape index (κ3) is 3.33. The Morgan fingerprint density at radius 1 is 1.15 bits per heavy atom. The second kappa shape index (κ2) is 6.48. The molecule has 108 valence electrons. The van der Waals surface area contributed by atoms with Crippen molar-refractivity contribution in [1.29, 1.82) is 0 Å². The van der Waals surface area contributed by atoms with Crippen LogP contribution in [0, 0.1) is 6.92 Å². The molecule has 0 amide bonds. The SMILES string of the molecule is CCN(CC)c1nc(NN)nc(Sc2n[nH]c(C)n2)n1. The molecule has 2 aromatic heterocycles. The van der Waals surface area contributed by atoms with Gasteiger partial charge < -0.3 is 4.90 Å². The highest BCUT2D eigenvalue weighted by atomic mass is 32.2. The molecular formula is C10H17N9S. The molecule has 0 unspecified atom stereocenters. The number of nitrogen functional groups attached to an aromatic ring is 1.